The Morgan fingerprint density at radius 2 is 2.19 bits per heavy atom. The second kappa shape index (κ2) is 6.48. The second-order valence-electron chi connectivity index (χ2n) is 5.57. The monoisotopic (exact) mass is 320 g/mol. The highest BCUT2D eigenvalue weighted by atomic mass is 32.2. The maximum Gasteiger partial charge on any atom is 0.110 e. The zero-order valence-electron chi connectivity index (χ0n) is 12.1. The van der Waals surface area contributed by atoms with E-state index in [4.69, 9.17) is 4.98 Å². The fraction of sp³-hybridized carbons (Fsp3) is 0.438. The van der Waals surface area contributed by atoms with Gasteiger partial charge in [0.1, 0.15) is 5.01 Å². The fourth-order valence-electron chi connectivity index (χ4n) is 2.39. The van der Waals surface area contributed by atoms with Crippen molar-refractivity contribution >= 4 is 23.1 Å². The van der Waals surface area contributed by atoms with Crippen LogP contribution in [0.15, 0.2) is 35.7 Å². The van der Waals surface area contributed by atoms with Crippen LogP contribution in [0, 0.1) is 0 Å². The molecule has 2 heterocycles. The minimum atomic E-state index is -0.543. The van der Waals surface area contributed by atoms with Crippen LogP contribution in [0.5, 0.6) is 0 Å². The Labute approximate surface area is 133 Å². The average molecular weight is 320 g/mol. The van der Waals surface area contributed by atoms with Crippen LogP contribution in [0.2, 0.25) is 0 Å². The van der Waals surface area contributed by atoms with E-state index in [1.807, 2.05) is 30.0 Å². The normalized spacial score (nSPS) is 23.3. The molecule has 3 nitrogen and oxygen atoms in total. The summed E-state index contributed by atoms with van der Waals surface area (Å²) in [7, 11) is 0. The Hall–Kier alpha value is -0.880. The average Bonchev–Trinajstić information content (AvgIpc) is 3.16. The summed E-state index contributed by atoms with van der Waals surface area (Å²) in [6.07, 6.45) is 0.879. The number of rotatable bonds is 5. The first kappa shape index (κ1) is 15.0. The van der Waals surface area contributed by atoms with Crippen molar-refractivity contribution in [1.29, 1.82) is 0 Å². The molecule has 0 aliphatic carbocycles. The summed E-state index contributed by atoms with van der Waals surface area (Å²) >= 11 is 3.50. The van der Waals surface area contributed by atoms with Crippen molar-refractivity contribution in [2.75, 3.05) is 18.1 Å². The molecule has 0 amide bonds. The smallest absolute Gasteiger partial charge is 0.110 e. The van der Waals surface area contributed by atoms with E-state index >= 15 is 0 Å². The van der Waals surface area contributed by atoms with Crippen LogP contribution in [0.4, 0.5) is 0 Å². The number of aromatic nitrogens is 1. The van der Waals surface area contributed by atoms with Gasteiger partial charge in [0.05, 0.1) is 17.3 Å². The number of nitrogens with one attached hydrogen (secondary N) is 1. The number of thioether (sulfide) groups is 1. The zero-order valence-corrected chi connectivity index (χ0v) is 13.7. The van der Waals surface area contributed by atoms with Crippen LogP contribution in [0.25, 0.3) is 11.3 Å². The summed E-state index contributed by atoms with van der Waals surface area (Å²) in [6.45, 7) is 2.75. The van der Waals surface area contributed by atoms with Gasteiger partial charge in [-0.05, 0) is 19.1 Å². The van der Waals surface area contributed by atoms with Gasteiger partial charge in [-0.2, -0.15) is 11.8 Å². The number of aliphatic hydroxyl groups is 1. The fourth-order valence-corrected chi connectivity index (χ4v) is 4.55. The summed E-state index contributed by atoms with van der Waals surface area (Å²) in [4.78, 5) is 4.72. The highest BCUT2D eigenvalue weighted by Gasteiger charge is 2.31. The Morgan fingerprint density at radius 3 is 2.90 bits per heavy atom. The van der Waals surface area contributed by atoms with Gasteiger partial charge in [0.25, 0.3) is 0 Å². The molecule has 0 saturated carbocycles. The molecule has 3 rings (SSSR count). The predicted octanol–water partition coefficient (Wildman–Crippen LogP) is 3.33. The van der Waals surface area contributed by atoms with Gasteiger partial charge in [0.15, 0.2) is 0 Å². The molecule has 1 aliphatic heterocycles. The zero-order chi connectivity index (χ0) is 14.7. The maximum atomic E-state index is 10.4. The highest BCUT2D eigenvalue weighted by molar-refractivity contribution is 7.99. The van der Waals surface area contributed by atoms with Crippen LogP contribution in [0.3, 0.4) is 0 Å². The van der Waals surface area contributed by atoms with Gasteiger partial charge in [-0.25, -0.2) is 4.98 Å². The first-order valence-electron chi connectivity index (χ1n) is 7.21. The number of thiazole rings is 1. The van der Waals surface area contributed by atoms with E-state index < -0.39 is 5.60 Å². The third-order valence-corrected chi connectivity index (χ3v) is 6.04. The van der Waals surface area contributed by atoms with Crippen LogP contribution in [0.1, 0.15) is 24.4 Å². The molecule has 1 fully saturated rings. The molecule has 0 radical (unpaired) electrons. The van der Waals surface area contributed by atoms with Crippen LogP contribution < -0.4 is 5.32 Å². The summed E-state index contributed by atoms with van der Waals surface area (Å²) in [5.74, 6) is 1.89. The molecule has 1 aromatic carbocycles. The Balaban J connectivity index is 1.63. The lowest BCUT2D eigenvalue weighted by Crippen LogP contribution is -2.41. The molecular formula is C16H20N2OS2. The van der Waals surface area contributed by atoms with Gasteiger partial charge in [-0.1, -0.05) is 30.3 Å². The lowest BCUT2D eigenvalue weighted by atomic mass is 10.0. The lowest BCUT2D eigenvalue weighted by molar-refractivity contribution is 0.0651. The standard InChI is InChI=1S/C16H20N2OS2/c1-12(17-10-16(19)7-8-20-11-16)15-18-14(9-21-15)13-5-3-2-4-6-13/h2-6,9,12,17,19H,7-8,10-11H2,1H3. The van der Waals surface area contributed by atoms with E-state index in [-0.39, 0.29) is 6.04 Å². The molecule has 2 aromatic rings. The molecule has 1 saturated heterocycles. The first-order valence-corrected chi connectivity index (χ1v) is 9.24. The summed E-state index contributed by atoms with van der Waals surface area (Å²) in [5.41, 5.74) is 1.63. The van der Waals surface area contributed by atoms with E-state index in [1.165, 1.54) is 0 Å². The summed E-state index contributed by atoms with van der Waals surface area (Å²) in [6, 6.07) is 10.4. The van der Waals surface area contributed by atoms with Crippen molar-refractivity contribution < 1.29 is 5.11 Å². The molecule has 1 aromatic heterocycles. The molecule has 0 bridgehead atoms. The van der Waals surface area contributed by atoms with Crippen molar-refractivity contribution in [3.05, 3.63) is 40.7 Å². The van der Waals surface area contributed by atoms with E-state index in [2.05, 4.69) is 29.8 Å². The van der Waals surface area contributed by atoms with Gasteiger partial charge in [0.2, 0.25) is 0 Å². The Bertz CT molecular complexity index is 579. The van der Waals surface area contributed by atoms with Crippen molar-refractivity contribution in [2.45, 2.75) is 25.0 Å². The topological polar surface area (TPSA) is 45.1 Å². The second-order valence-corrected chi connectivity index (χ2v) is 7.56. The van der Waals surface area contributed by atoms with Crippen LogP contribution >= 0.6 is 23.1 Å². The Kier molecular flexibility index (Phi) is 4.64. The highest BCUT2D eigenvalue weighted by Crippen LogP contribution is 2.29. The SMILES string of the molecule is CC(NCC1(O)CCSC1)c1nc(-c2ccccc2)cs1. The van der Waals surface area contributed by atoms with E-state index in [9.17, 15) is 5.11 Å². The molecule has 112 valence electrons. The predicted molar refractivity (Wildman–Crippen MR) is 90.9 cm³/mol. The van der Waals surface area contributed by atoms with E-state index in [1.54, 1.807) is 11.3 Å². The largest absolute Gasteiger partial charge is 0.388 e. The third-order valence-electron chi connectivity index (χ3n) is 3.78. The first-order chi connectivity index (χ1) is 10.2. The molecule has 2 unspecified atom stereocenters. The summed E-state index contributed by atoms with van der Waals surface area (Å²) in [5, 5.41) is 17.0. The van der Waals surface area contributed by atoms with Crippen LogP contribution in [-0.2, 0) is 0 Å². The third kappa shape index (κ3) is 3.66. The van der Waals surface area contributed by atoms with Crippen molar-refractivity contribution in [3.8, 4) is 11.3 Å². The molecule has 2 atom stereocenters. The quantitative estimate of drug-likeness (QED) is 0.887. The van der Waals surface area contributed by atoms with Gasteiger partial charge >= 0.3 is 0 Å². The molecule has 1 aliphatic rings. The van der Waals surface area contributed by atoms with Gasteiger partial charge in [-0.15, -0.1) is 11.3 Å². The van der Waals surface area contributed by atoms with Gasteiger partial charge in [0, 0.05) is 23.2 Å². The molecular weight excluding hydrogens is 300 g/mol. The van der Waals surface area contributed by atoms with Crippen molar-refractivity contribution in [3.63, 3.8) is 0 Å². The number of benzene rings is 1. The minimum absolute atomic E-state index is 0.169. The molecule has 2 N–H and O–H groups in total. The Morgan fingerprint density at radius 1 is 1.38 bits per heavy atom. The number of hydrogen-bond donors (Lipinski definition) is 2. The van der Waals surface area contributed by atoms with Gasteiger partial charge < -0.3 is 10.4 Å². The number of nitrogens with zero attached hydrogens (tertiary/aromatic N) is 1. The van der Waals surface area contributed by atoms with Crippen LogP contribution in [-0.4, -0.2) is 33.7 Å². The molecule has 0 spiro atoms. The molecule has 21 heavy (non-hydrogen) atoms. The van der Waals surface area contributed by atoms with Crippen molar-refractivity contribution in [2.24, 2.45) is 0 Å². The number of hydrogen-bond acceptors (Lipinski definition) is 5. The minimum Gasteiger partial charge on any atom is -0.388 e. The van der Waals surface area contributed by atoms with Gasteiger partial charge in [-0.3, -0.25) is 0 Å². The molecule has 5 heteroatoms. The van der Waals surface area contributed by atoms with E-state index in [0.29, 0.717) is 6.54 Å². The van der Waals surface area contributed by atoms with Crippen molar-refractivity contribution in [1.82, 2.24) is 10.3 Å². The van der Waals surface area contributed by atoms with E-state index in [0.717, 1.165) is 34.2 Å². The lowest BCUT2D eigenvalue weighted by Gasteiger charge is -2.23. The summed E-state index contributed by atoms with van der Waals surface area (Å²) < 4.78 is 0. The maximum absolute atomic E-state index is 10.4.